The second-order valence-electron chi connectivity index (χ2n) is 3.00. The van der Waals surface area contributed by atoms with Crippen molar-refractivity contribution in [2.45, 2.75) is 6.92 Å². The van der Waals surface area contributed by atoms with Crippen LogP contribution in [0.4, 0.5) is 0 Å². The van der Waals surface area contributed by atoms with Gasteiger partial charge in [-0.05, 0) is 18.2 Å². The van der Waals surface area contributed by atoms with Crippen molar-refractivity contribution < 1.29 is 14.6 Å². The van der Waals surface area contributed by atoms with Crippen molar-refractivity contribution in [1.82, 2.24) is 0 Å². The second-order valence-corrected chi connectivity index (χ2v) is 3.00. The molecular formula is C11H15O3. The highest BCUT2D eigenvalue weighted by molar-refractivity contribution is 5.47. The Morgan fingerprint density at radius 3 is 2.50 bits per heavy atom. The molecule has 3 heteroatoms. The first-order valence-corrected chi connectivity index (χ1v) is 4.38. The van der Waals surface area contributed by atoms with Gasteiger partial charge in [0, 0.05) is 11.5 Å². The average molecular weight is 195 g/mol. The zero-order valence-electron chi connectivity index (χ0n) is 8.70. The number of rotatable bonds is 4. The fourth-order valence-corrected chi connectivity index (χ4v) is 1.23. The first-order chi connectivity index (χ1) is 6.72. The average Bonchev–Trinajstić information content (AvgIpc) is 2.27. The van der Waals surface area contributed by atoms with Gasteiger partial charge in [0.2, 0.25) is 0 Å². The molecule has 0 atom stereocenters. The van der Waals surface area contributed by atoms with Gasteiger partial charge in [0.05, 0.1) is 20.8 Å². The number of hydrogen-bond donors (Lipinski definition) is 1. The fraction of sp³-hybridized carbons (Fsp3) is 0.364. The van der Waals surface area contributed by atoms with Crippen molar-refractivity contribution in [3.8, 4) is 11.5 Å². The molecule has 0 heterocycles. The molecule has 0 aliphatic heterocycles. The minimum absolute atomic E-state index is 0.0174. The maximum atomic E-state index is 9.04. The van der Waals surface area contributed by atoms with E-state index in [2.05, 4.69) is 0 Å². The zero-order chi connectivity index (χ0) is 10.6. The van der Waals surface area contributed by atoms with Crippen LogP contribution in [0.2, 0.25) is 0 Å². The summed E-state index contributed by atoms with van der Waals surface area (Å²) in [7, 11) is 3.22. The zero-order valence-corrected chi connectivity index (χ0v) is 8.70. The van der Waals surface area contributed by atoms with E-state index < -0.39 is 0 Å². The molecule has 0 spiro atoms. The van der Waals surface area contributed by atoms with E-state index in [0.717, 1.165) is 23.0 Å². The van der Waals surface area contributed by atoms with Crippen molar-refractivity contribution >= 4 is 0 Å². The Bertz CT molecular complexity index is 297. The number of aliphatic hydroxyl groups is 1. The number of ether oxygens (including phenoxy) is 2. The Balaban J connectivity index is 3.08. The molecule has 0 unspecified atom stereocenters. The van der Waals surface area contributed by atoms with Crippen molar-refractivity contribution in [1.29, 1.82) is 0 Å². The lowest BCUT2D eigenvalue weighted by atomic mass is 10.0. The summed E-state index contributed by atoms with van der Waals surface area (Å²) in [4.78, 5) is 0. The van der Waals surface area contributed by atoms with Crippen LogP contribution in [-0.4, -0.2) is 25.9 Å². The fourth-order valence-electron chi connectivity index (χ4n) is 1.23. The molecular weight excluding hydrogens is 180 g/mol. The highest BCUT2D eigenvalue weighted by atomic mass is 16.5. The second kappa shape index (κ2) is 4.86. The Morgan fingerprint density at radius 1 is 1.29 bits per heavy atom. The van der Waals surface area contributed by atoms with Crippen LogP contribution in [0.15, 0.2) is 18.2 Å². The van der Waals surface area contributed by atoms with Crippen LogP contribution in [0.3, 0.4) is 0 Å². The SMILES string of the molecule is COc1ccc(OC)c([C](C)CO)c1. The minimum Gasteiger partial charge on any atom is -0.497 e. The number of aliphatic hydroxyl groups excluding tert-OH is 1. The van der Waals surface area contributed by atoms with Gasteiger partial charge in [-0.1, -0.05) is 6.92 Å². The van der Waals surface area contributed by atoms with Crippen molar-refractivity contribution in [3.05, 3.63) is 29.7 Å². The normalized spacial score (nSPS) is 10.4. The number of benzene rings is 1. The van der Waals surface area contributed by atoms with E-state index in [9.17, 15) is 0 Å². The molecule has 1 aromatic rings. The number of methoxy groups -OCH3 is 2. The highest BCUT2D eigenvalue weighted by Gasteiger charge is 2.12. The number of hydrogen-bond acceptors (Lipinski definition) is 3. The van der Waals surface area contributed by atoms with Gasteiger partial charge < -0.3 is 14.6 Å². The largest absolute Gasteiger partial charge is 0.497 e. The first kappa shape index (κ1) is 10.9. The van der Waals surface area contributed by atoms with Crippen LogP contribution in [0.25, 0.3) is 0 Å². The van der Waals surface area contributed by atoms with Crippen LogP contribution in [0.5, 0.6) is 11.5 Å². The maximum Gasteiger partial charge on any atom is 0.122 e. The molecule has 0 aliphatic carbocycles. The van der Waals surface area contributed by atoms with E-state index in [-0.39, 0.29) is 6.61 Å². The van der Waals surface area contributed by atoms with E-state index in [1.807, 2.05) is 25.1 Å². The Kier molecular flexibility index (Phi) is 3.77. The van der Waals surface area contributed by atoms with Crippen molar-refractivity contribution in [2.75, 3.05) is 20.8 Å². The predicted octanol–water partition coefficient (Wildman–Crippen LogP) is 1.64. The summed E-state index contributed by atoms with van der Waals surface area (Å²) in [5.41, 5.74) is 0.884. The molecule has 1 N–H and O–H groups in total. The smallest absolute Gasteiger partial charge is 0.122 e. The maximum absolute atomic E-state index is 9.04. The van der Waals surface area contributed by atoms with Crippen LogP contribution in [-0.2, 0) is 0 Å². The molecule has 0 saturated carbocycles. The van der Waals surface area contributed by atoms with Gasteiger partial charge >= 0.3 is 0 Å². The van der Waals surface area contributed by atoms with Gasteiger partial charge in [-0.25, -0.2) is 0 Å². The van der Waals surface area contributed by atoms with Gasteiger partial charge in [0.25, 0.3) is 0 Å². The third-order valence-electron chi connectivity index (χ3n) is 2.10. The summed E-state index contributed by atoms with van der Waals surface area (Å²) in [5.74, 6) is 2.37. The van der Waals surface area contributed by atoms with E-state index in [1.54, 1.807) is 14.2 Å². The third kappa shape index (κ3) is 2.17. The Morgan fingerprint density at radius 2 is 2.00 bits per heavy atom. The van der Waals surface area contributed by atoms with Crippen molar-refractivity contribution in [2.24, 2.45) is 0 Å². The molecule has 77 valence electrons. The van der Waals surface area contributed by atoms with Gasteiger partial charge in [-0.2, -0.15) is 0 Å². The van der Waals surface area contributed by atoms with Gasteiger partial charge in [-0.15, -0.1) is 0 Å². The summed E-state index contributed by atoms with van der Waals surface area (Å²) < 4.78 is 10.3. The quantitative estimate of drug-likeness (QED) is 0.793. The third-order valence-corrected chi connectivity index (χ3v) is 2.10. The summed E-state index contributed by atoms with van der Waals surface area (Å²) in [6, 6.07) is 5.50. The lowest BCUT2D eigenvalue weighted by Crippen LogP contribution is -2.03. The lowest BCUT2D eigenvalue weighted by Gasteiger charge is -2.13. The van der Waals surface area contributed by atoms with Gasteiger partial charge in [0.1, 0.15) is 11.5 Å². The van der Waals surface area contributed by atoms with Crippen LogP contribution < -0.4 is 9.47 Å². The Hall–Kier alpha value is -1.22. The molecule has 1 aromatic carbocycles. The lowest BCUT2D eigenvalue weighted by molar-refractivity contribution is 0.312. The highest BCUT2D eigenvalue weighted by Crippen LogP contribution is 2.29. The molecule has 0 amide bonds. The molecule has 0 aliphatic rings. The Labute approximate surface area is 84.3 Å². The monoisotopic (exact) mass is 195 g/mol. The van der Waals surface area contributed by atoms with E-state index in [1.165, 1.54) is 0 Å². The van der Waals surface area contributed by atoms with E-state index >= 15 is 0 Å². The first-order valence-electron chi connectivity index (χ1n) is 4.38. The molecule has 3 nitrogen and oxygen atoms in total. The molecule has 0 bridgehead atoms. The van der Waals surface area contributed by atoms with E-state index in [4.69, 9.17) is 14.6 Å². The molecule has 1 radical (unpaired) electrons. The van der Waals surface area contributed by atoms with Crippen LogP contribution in [0, 0.1) is 5.92 Å². The molecule has 0 fully saturated rings. The van der Waals surface area contributed by atoms with Crippen LogP contribution in [0.1, 0.15) is 12.5 Å². The molecule has 1 rings (SSSR count). The summed E-state index contributed by atoms with van der Waals surface area (Å²) in [5, 5.41) is 9.04. The summed E-state index contributed by atoms with van der Waals surface area (Å²) in [6.07, 6.45) is 0. The standard InChI is InChI=1S/C11H15O3/c1-8(7-12)10-6-9(13-2)4-5-11(10)14-3/h4-6,12H,7H2,1-3H3. The molecule has 14 heavy (non-hydrogen) atoms. The minimum atomic E-state index is 0.0174. The summed E-state index contributed by atoms with van der Waals surface area (Å²) >= 11 is 0. The van der Waals surface area contributed by atoms with Crippen LogP contribution >= 0.6 is 0 Å². The molecule has 0 aromatic heterocycles. The van der Waals surface area contributed by atoms with Crippen molar-refractivity contribution in [3.63, 3.8) is 0 Å². The van der Waals surface area contributed by atoms with Gasteiger partial charge in [-0.3, -0.25) is 0 Å². The summed E-state index contributed by atoms with van der Waals surface area (Å²) in [6.45, 7) is 1.88. The van der Waals surface area contributed by atoms with E-state index in [0.29, 0.717) is 0 Å². The predicted molar refractivity (Wildman–Crippen MR) is 54.7 cm³/mol. The topological polar surface area (TPSA) is 38.7 Å². The molecule has 0 saturated heterocycles. The van der Waals surface area contributed by atoms with Gasteiger partial charge in [0.15, 0.2) is 0 Å².